The summed E-state index contributed by atoms with van der Waals surface area (Å²) in [5.74, 6) is -0.746. The summed E-state index contributed by atoms with van der Waals surface area (Å²) in [7, 11) is 0. The molecule has 1 rings (SSSR count). The molecule has 1 aromatic carbocycles. The molecule has 2 N–H and O–H groups in total. The van der Waals surface area contributed by atoms with E-state index in [0.29, 0.717) is 12.3 Å². The van der Waals surface area contributed by atoms with Crippen LogP contribution < -0.4 is 10.7 Å². The number of nitrogens with one attached hydrogen (secondary N) is 2. The van der Waals surface area contributed by atoms with E-state index in [9.17, 15) is 19.7 Å². The first-order valence-electron chi connectivity index (χ1n) is 6.78. The van der Waals surface area contributed by atoms with Crippen LogP contribution in [-0.4, -0.2) is 29.0 Å². The van der Waals surface area contributed by atoms with Crippen molar-refractivity contribution in [2.45, 2.75) is 26.7 Å². The van der Waals surface area contributed by atoms with Gasteiger partial charge in [-0.05, 0) is 19.4 Å². The van der Waals surface area contributed by atoms with Crippen LogP contribution in [0.25, 0.3) is 0 Å². The van der Waals surface area contributed by atoms with Gasteiger partial charge in [0.15, 0.2) is 0 Å². The highest BCUT2D eigenvalue weighted by Gasteiger charge is 2.11. The summed E-state index contributed by atoms with van der Waals surface area (Å²) < 4.78 is 0. The maximum Gasteiger partial charge on any atom is 0.271 e. The minimum Gasteiger partial charge on any atom is -0.356 e. The summed E-state index contributed by atoms with van der Waals surface area (Å²) in [5, 5.41) is 17.2. The van der Waals surface area contributed by atoms with Crippen molar-refractivity contribution in [3.8, 4) is 0 Å². The SMILES string of the molecule is CCCNC(=O)CC(C)=NNC(=O)c1cccc([N+](=O)[O-])c1. The topological polar surface area (TPSA) is 114 Å². The van der Waals surface area contributed by atoms with Crippen LogP contribution >= 0.6 is 0 Å². The van der Waals surface area contributed by atoms with Crippen molar-refractivity contribution in [3.63, 3.8) is 0 Å². The van der Waals surface area contributed by atoms with Crippen LogP contribution in [0, 0.1) is 10.1 Å². The molecule has 0 bridgehead atoms. The van der Waals surface area contributed by atoms with Gasteiger partial charge in [-0.1, -0.05) is 13.0 Å². The summed E-state index contributed by atoms with van der Waals surface area (Å²) in [4.78, 5) is 33.4. The Morgan fingerprint density at radius 2 is 2.09 bits per heavy atom. The van der Waals surface area contributed by atoms with Crippen molar-refractivity contribution in [2.75, 3.05) is 6.54 Å². The van der Waals surface area contributed by atoms with Gasteiger partial charge >= 0.3 is 0 Å². The number of nitrogens with zero attached hydrogens (tertiary/aromatic N) is 2. The molecule has 0 saturated carbocycles. The summed E-state index contributed by atoms with van der Waals surface area (Å²) in [6.45, 7) is 4.14. The van der Waals surface area contributed by atoms with Crippen LogP contribution in [0.1, 0.15) is 37.0 Å². The highest BCUT2D eigenvalue weighted by atomic mass is 16.6. The largest absolute Gasteiger partial charge is 0.356 e. The fraction of sp³-hybridized carbons (Fsp3) is 0.357. The normalized spacial score (nSPS) is 10.9. The first-order valence-corrected chi connectivity index (χ1v) is 6.78. The number of hydrogen-bond acceptors (Lipinski definition) is 5. The maximum absolute atomic E-state index is 11.8. The summed E-state index contributed by atoms with van der Waals surface area (Å²) in [5.41, 5.74) is 2.66. The van der Waals surface area contributed by atoms with Gasteiger partial charge in [-0.25, -0.2) is 5.43 Å². The van der Waals surface area contributed by atoms with Gasteiger partial charge in [0.2, 0.25) is 5.91 Å². The molecule has 8 heteroatoms. The van der Waals surface area contributed by atoms with Gasteiger partial charge in [0.25, 0.3) is 11.6 Å². The lowest BCUT2D eigenvalue weighted by Gasteiger charge is -2.04. The molecule has 0 aromatic heterocycles. The van der Waals surface area contributed by atoms with Crippen molar-refractivity contribution in [3.05, 3.63) is 39.9 Å². The van der Waals surface area contributed by atoms with Crippen LogP contribution in [0.15, 0.2) is 29.4 Å². The van der Waals surface area contributed by atoms with Gasteiger partial charge < -0.3 is 5.32 Å². The van der Waals surface area contributed by atoms with Crippen LogP contribution in [-0.2, 0) is 4.79 Å². The number of rotatable bonds is 7. The molecular weight excluding hydrogens is 288 g/mol. The molecule has 1 aromatic rings. The number of carbonyl (C=O) groups is 2. The molecule has 118 valence electrons. The molecule has 0 aliphatic heterocycles. The lowest BCUT2D eigenvalue weighted by atomic mass is 10.2. The molecule has 0 heterocycles. The Kier molecular flexibility index (Phi) is 6.68. The van der Waals surface area contributed by atoms with E-state index in [1.165, 1.54) is 18.2 Å². The number of amides is 2. The number of hydrazone groups is 1. The van der Waals surface area contributed by atoms with Crippen molar-refractivity contribution in [2.24, 2.45) is 5.10 Å². The predicted octanol–water partition coefficient (Wildman–Crippen LogP) is 1.62. The Balaban J connectivity index is 2.61. The van der Waals surface area contributed by atoms with E-state index >= 15 is 0 Å². The molecule has 0 saturated heterocycles. The van der Waals surface area contributed by atoms with Gasteiger partial charge in [0.05, 0.1) is 11.3 Å². The minimum atomic E-state index is -0.580. The third-order valence-electron chi connectivity index (χ3n) is 2.66. The van der Waals surface area contributed by atoms with Crippen LogP contribution in [0.5, 0.6) is 0 Å². The lowest BCUT2D eigenvalue weighted by Crippen LogP contribution is -2.27. The fourth-order valence-electron chi connectivity index (χ4n) is 1.57. The third kappa shape index (κ3) is 5.70. The van der Waals surface area contributed by atoms with Gasteiger partial charge in [-0.3, -0.25) is 19.7 Å². The molecule has 8 nitrogen and oxygen atoms in total. The van der Waals surface area contributed by atoms with Crippen LogP contribution in [0.3, 0.4) is 0 Å². The molecule has 0 aliphatic rings. The fourth-order valence-corrected chi connectivity index (χ4v) is 1.57. The van der Waals surface area contributed by atoms with E-state index in [2.05, 4.69) is 15.8 Å². The van der Waals surface area contributed by atoms with Crippen molar-refractivity contribution in [1.82, 2.24) is 10.7 Å². The molecular formula is C14H18N4O4. The zero-order valence-corrected chi connectivity index (χ0v) is 12.5. The number of nitro groups is 1. The lowest BCUT2D eigenvalue weighted by molar-refractivity contribution is -0.384. The van der Waals surface area contributed by atoms with Gasteiger partial charge in [-0.15, -0.1) is 0 Å². The molecule has 0 spiro atoms. The molecule has 0 unspecified atom stereocenters. The second-order valence-corrected chi connectivity index (χ2v) is 4.62. The first-order chi connectivity index (χ1) is 10.4. The van der Waals surface area contributed by atoms with E-state index in [0.717, 1.165) is 12.5 Å². The van der Waals surface area contributed by atoms with Crippen molar-refractivity contribution in [1.29, 1.82) is 0 Å². The number of nitro benzene ring substituents is 1. The van der Waals surface area contributed by atoms with Gasteiger partial charge in [0.1, 0.15) is 0 Å². The molecule has 22 heavy (non-hydrogen) atoms. The number of hydrogen-bond donors (Lipinski definition) is 2. The summed E-state index contributed by atoms with van der Waals surface area (Å²) >= 11 is 0. The van der Waals surface area contributed by atoms with E-state index in [1.807, 2.05) is 6.92 Å². The van der Waals surface area contributed by atoms with Crippen LogP contribution in [0.4, 0.5) is 5.69 Å². The minimum absolute atomic E-state index is 0.0786. The number of benzene rings is 1. The highest BCUT2D eigenvalue weighted by molar-refractivity contribution is 6.01. The highest BCUT2D eigenvalue weighted by Crippen LogP contribution is 2.12. The van der Waals surface area contributed by atoms with E-state index in [4.69, 9.17) is 0 Å². The van der Waals surface area contributed by atoms with E-state index in [-0.39, 0.29) is 23.6 Å². The van der Waals surface area contributed by atoms with Gasteiger partial charge in [0, 0.05) is 30.0 Å². The number of carbonyl (C=O) groups excluding carboxylic acids is 2. The molecule has 0 aliphatic carbocycles. The maximum atomic E-state index is 11.8. The van der Waals surface area contributed by atoms with Crippen LogP contribution in [0.2, 0.25) is 0 Å². The predicted molar refractivity (Wildman–Crippen MR) is 81.6 cm³/mol. The zero-order valence-electron chi connectivity index (χ0n) is 12.5. The second kappa shape index (κ2) is 8.50. The smallest absolute Gasteiger partial charge is 0.271 e. The summed E-state index contributed by atoms with van der Waals surface area (Å²) in [6.07, 6.45) is 0.917. The van der Waals surface area contributed by atoms with Gasteiger partial charge in [-0.2, -0.15) is 5.10 Å². The second-order valence-electron chi connectivity index (χ2n) is 4.62. The van der Waals surface area contributed by atoms with E-state index < -0.39 is 10.8 Å². The summed E-state index contributed by atoms with van der Waals surface area (Å²) in [6, 6.07) is 5.32. The number of non-ortho nitro benzene ring substituents is 1. The molecule has 0 fully saturated rings. The average Bonchev–Trinajstić information content (AvgIpc) is 2.50. The Hall–Kier alpha value is -2.77. The monoisotopic (exact) mass is 306 g/mol. The first kappa shape index (κ1) is 17.3. The molecule has 0 radical (unpaired) electrons. The Labute approximate surface area is 127 Å². The standard InChI is InChI=1S/C14H18N4O4/c1-3-7-15-13(19)8-10(2)16-17-14(20)11-5-4-6-12(9-11)18(21)22/h4-6,9H,3,7-8H2,1-2H3,(H,15,19)(H,17,20). The zero-order chi connectivity index (χ0) is 16.5. The van der Waals surface area contributed by atoms with Crippen molar-refractivity contribution >= 4 is 23.2 Å². The quantitative estimate of drug-likeness (QED) is 0.452. The Morgan fingerprint density at radius 3 is 2.73 bits per heavy atom. The third-order valence-corrected chi connectivity index (χ3v) is 2.66. The Bertz CT molecular complexity index is 598. The average molecular weight is 306 g/mol. The molecule has 2 amide bonds. The molecule has 0 atom stereocenters. The Morgan fingerprint density at radius 1 is 1.36 bits per heavy atom. The van der Waals surface area contributed by atoms with E-state index in [1.54, 1.807) is 6.92 Å². The van der Waals surface area contributed by atoms with Crippen molar-refractivity contribution < 1.29 is 14.5 Å².